The third-order valence-corrected chi connectivity index (χ3v) is 3.87. The van der Waals surface area contributed by atoms with Gasteiger partial charge in [0.15, 0.2) is 0 Å². The molecule has 0 aliphatic rings. The fourth-order valence-corrected chi connectivity index (χ4v) is 2.78. The smallest absolute Gasteiger partial charge is 0.305 e. The van der Waals surface area contributed by atoms with E-state index < -0.39 is 0 Å². The summed E-state index contributed by atoms with van der Waals surface area (Å²) in [5, 5.41) is 1.97. The number of thiophene rings is 1. The quantitative estimate of drug-likeness (QED) is 0.861. The summed E-state index contributed by atoms with van der Waals surface area (Å²) in [6, 6.07) is 1.86. The minimum Gasteiger partial charge on any atom is -0.469 e. The van der Waals surface area contributed by atoms with Gasteiger partial charge in [-0.05, 0) is 33.8 Å². The van der Waals surface area contributed by atoms with Crippen LogP contribution in [-0.4, -0.2) is 13.1 Å². The molecule has 1 rings (SSSR count). The van der Waals surface area contributed by atoms with Gasteiger partial charge in [-0.15, -0.1) is 11.3 Å². The molecule has 0 aliphatic carbocycles. The highest BCUT2D eigenvalue weighted by molar-refractivity contribution is 9.10. The van der Waals surface area contributed by atoms with Crippen LogP contribution < -0.4 is 5.73 Å². The maximum Gasteiger partial charge on any atom is 0.305 e. The molecule has 3 nitrogen and oxygen atoms in total. The molecule has 78 valence electrons. The van der Waals surface area contributed by atoms with E-state index in [9.17, 15) is 4.79 Å². The first-order valence-corrected chi connectivity index (χ1v) is 5.87. The van der Waals surface area contributed by atoms with E-state index in [4.69, 9.17) is 5.73 Å². The summed E-state index contributed by atoms with van der Waals surface area (Å²) in [5.41, 5.74) is 5.92. The molecule has 0 saturated carbocycles. The number of methoxy groups -OCH3 is 1. The molecule has 1 aromatic rings. The Morgan fingerprint density at radius 1 is 1.79 bits per heavy atom. The van der Waals surface area contributed by atoms with Gasteiger partial charge in [-0.25, -0.2) is 0 Å². The van der Waals surface area contributed by atoms with Crippen molar-refractivity contribution in [1.82, 2.24) is 0 Å². The first kappa shape index (κ1) is 11.7. The molecule has 0 aliphatic heterocycles. The van der Waals surface area contributed by atoms with E-state index in [0.717, 1.165) is 9.35 Å². The van der Waals surface area contributed by atoms with Gasteiger partial charge in [0.1, 0.15) is 0 Å². The van der Waals surface area contributed by atoms with Crippen LogP contribution in [0, 0.1) is 0 Å². The summed E-state index contributed by atoms with van der Waals surface area (Å²) in [4.78, 5) is 12.0. The summed E-state index contributed by atoms with van der Waals surface area (Å²) < 4.78 is 5.56. The molecule has 0 fully saturated rings. The van der Waals surface area contributed by atoms with Crippen molar-refractivity contribution in [3.8, 4) is 0 Å². The third-order valence-electron chi connectivity index (χ3n) is 1.87. The molecule has 0 amide bonds. The second-order valence-electron chi connectivity index (χ2n) is 2.85. The van der Waals surface area contributed by atoms with Crippen LogP contribution in [0.4, 0.5) is 0 Å². The summed E-state index contributed by atoms with van der Waals surface area (Å²) in [6.07, 6.45) is 0.980. The number of hydrogen-bond acceptors (Lipinski definition) is 4. The second-order valence-corrected chi connectivity index (χ2v) is 4.66. The summed E-state index contributed by atoms with van der Waals surface area (Å²) in [5.74, 6) is -0.215. The zero-order valence-electron chi connectivity index (χ0n) is 7.83. The molecule has 14 heavy (non-hydrogen) atoms. The fraction of sp³-hybridized carbons (Fsp3) is 0.444. The van der Waals surface area contributed by atoms with Gasteiger partial charge in [0.2, 0.25) is 0 Å². The lowest BCUT2D eigenvalue weighted by Crippen LogP contribution is -2.12. The normalized spacial score (nSPS) is 12.5. The Morgan fingerprint density at radius 2 is 2.50 bits per heavy atom. The fourth-order valence-electron chi connectivity index (χ4n) is 1.08. The van der Waals surface area contributed by atoms with Crippen molar-refractivity contribution in [3.63, 3.8) is 0 Å². The van der Waals surface area contributed by atoms with Crippen molar-refractivity contribution >= 4 is 33.2 Å². The Bertz CT molecular complexity index is 314. The molecule has 0 spiro atoms. The number of carbonyl (C=O) groups is 1. The standard InChI is InChI=1S/C9H12BrNO2S/c1-13-8(12)3-2-7(11)9-6(10)4-5-14-9/h4-5,7H,2-3,11H2,1H3. The Hall–Kier alpha value is -0.390. The molecule has 1 heterocycles. The number of nitrogens with two attached hydrogens (primary N) is 1. The number of halogens is 1. The van der Waals surface area contributed by atoms with Crippen LogP contribution in [0.2, 0.25) is 0 Å². The van der Waals surface area contributed by atoms with Crippen LogP contribution in [0.1, 0.15) is 23.8 Å². The van der Waals surface area contributed by atoms with Crippen LogP contribution in [0.5, 0.6) is 0 Å². The zero-order chi connectivity index (χ0) is 10.6. The van der Waals surface area contributed by atoms with Gasteiger partial charge in [-0.3, -0.25) is 4.79 Å². The monoisotopic (exact) mass is 277 g/mol. The topological polar surface area (TPSA) is 52.3 Å². The Kier molecular flexibility index (Phi) is 4.57. The average molecular weight is 278 g/mol. The van der Waals surface area contributed by atoms with E-state index in [2.05, 4.69) is 20.7 Å². The Labute approximate surface area is 95.4 Å². The lowest BCUT2D eigenvalue weighted by atomic mass is 10.1. The molecule has 1 aromatic heterocycles. The first-order chi connectivity index (χ1) is 6.65. The van der Waals surface area contributed by atoms with Crippen LogP contribution in [0.3, 0.4) is 0 Å². The number of ether oxygens (including phenoxy) is 1. The molecule has 2 N–H and O–H groups in total. The number of carbonyl (C=O) groups excluding carboxylic acids is 1. The molecule has 0 bridgehead atoms. The molecular weight excluding hydrogens is 266 g/mol. The van der Waals surface area contributed by atoms with Crippen LogP contribution in [-0.2, 0) is 9.53 Å². The summed E-state index contributed by atoms with van der Waals surface area (Å²) in [6.45, 7) is 0. The lowest BCUT2D eigenvalue weighted by molar-refractivity contribution is -0.140. The van der Waals surface area contributed by atoms with Gasteiger partial charge in [0, 0.05) is 21.8 Å². The van der Waals surface area contributed by atoms with E-state index in [1.165, 1.54) is 7.11 Å². The molecular formula is C9H12BrNO2S. The van der Waals surface area contributed by atoms with E-state index in [1.54, 1.807) is 11.3 Å². The van der Waals surface area contributed by atoms with Gasteiger partial charge in [-0.2, -0.15) is 0 Å². The minimum atomic E-state index is -0.215. The molecule has 1 unspecified atom stereocenters. The van der Waals surface area contributed by atoms with Gasteiger partial charge in [-0.1, -0.05) is 0 Å². The number of hydrogen-bond donors (Lipinski definition) is 1. The maximum absolute atomic E-state index is 10.9. The van der Waals surface area contributed by atoms with Crippen LogP contribution >= 0.6 is 27.3 Å². The Balaban J connectivity index is 2.47. The Morgan fingerprint density at radius 3 is 3.00 bits per heavy atom. The predicted molar refractivity (Wildman–Crippen MR) is 60.2 cm³/mol. The average Bonchev–Trinajstić information content (AvgIpc) is 2.60. The van der Waals surface area contributed by atoms with Gasteiger partial charge >= 0.3 is 5.97 Å². The number of rotatable bonds is 4. The van der Waals surface area contributed by atoms with E-state index in [1.807, 2.05) is 11.4 Å². The summed E-state index contributed by atoms with van der Waals surface area (Å²) >= 11 is 5.00. The predicted octanol–water partition coefficient (Wildman–Crippen LogP) is 2.46. The van der Waals surface area contributed by atoms with Crippen molar-refractivity contribution in [3.05, 3.63) is 20.8 Å². The molecule has 0 radical (unpaired) electrons. The van der Waals surface area contributed by atoms with Crippen molar-refractivity contribution in [2.75, 3.05) is 7.11 Å². The third kappa shape index (κ3) is 3.08. The zero-order valence-corrected chi connectivity index (χ0v) is 10.2. The van der Waals surface area contributed by atoms with E-state index in [-0.39, 0.29) is 12.0 Å². The van der Waals surface area contributed by atoms with Gasteiger partial charge < -0.3 is 10.5 Å². The van der Waals surface area contributed by atoms with Gasteiger partial charge in [0.05, 0.1) is 7.11 Å². The molecule has 0 saturated heterocycles. The van der Waals surface area contributed by atoms with Crippen LogP contribution in [0.15, 0.2) is 15.9 Å². The second kappa shape index (κ2) is 5.48. The summed E-state index contributed by atoms with van der Waals surface area (Å²) in [7, 11) is 1.38. The highest BCUT2D eigenvalue weighted by Gasteiger charge is 2.13. The molecule has 5 heteroatoms. The molecule has 0 aromatic carbocycles. The SMILES string of the molecule is COC(=O)CCC(N)c1sccc1Br. The minimum absolute atomic E-state index is 0.0940. The van der Waals surface area contributed by atoms with Crippen molar-refractivity contribution in [1.29, 1.82) is 0 Å². The van der Waals surface area contributed by atoms with Crippen molar-refractivity contribution in [2.24, 2.45) is 5.73 Å². The van der Waals surface area contributed by atoms with Gasteiger partial charge in [0.25, 0.3) is 0 Å². The maximum atomic E-state index is 10.9. The van der Waals surface area contributed by atoms with Crippen molar-refractivity contribution in [2.45, 2.75) is 18.9 Å². The molecule has 1 atom stereocenters. The lowest BCUT2D eigenvalue weighted by Gasteiger charge is -2.08. The van der Waals surface area contributed by atoms with Crippen molar-refractivity contribution < 1.29 is 9.53 Å². The van der Waals surface area contributed by atoms with E-state index in [0.29, 0.717) is 12.8 Å². The van der Waals surface area contributed by atoms with Crippen LogP contribution in [0.25, 0.3) is 0 Å². The highest BCUT2D eigenvalue weighted by Crippen LogP contribution is 2.29. The highest BCUT2D eigenvalue weighted by atomic mass is 79.9. The largest absolute Gasteiger partial charge is 0.469 e. The number of esters is 1. The van der Waals surface area contributed by atoms with E-state index >= 15 is 0 Å². The first-order valence-electron chi connectivity index (χ1n) is 4.20.